The molecule has 4 nitrogen and oxygen atoms in total. The van der Waals surface area contributed by atoms with E-state index in [0.29, 0.717) is 0 Å². The highest BCUT2D eigenvalue weighted by atomic mass is 16.3. The molecule has 0 bridgehead atoms. The lowest BCUT2D eigenvalue weighted by Gasteiger charge is -2.17. The molecule has 3 rings (SSSR count). The number of benzene rings is 1. The fraction of sp³-hybridized carbons (Fsp3) is 0.188. The Morgan fingerprint density at radius 2 is 2.10 bits per heavy atom. The minimum atomic E-state index is 0.0769. The second-order valence-electron chi connectivity index (χ2n) is 4.75. The largest absolute Gasteiger partial charge is 0.469 e. The molecule has 1 atom stereocenters. The third-order valence-electron chi connectivity index (χ3n) is 3.52. The van der Waals surface area contributed by atoms with Crippen molar-refractivity contribution in [3.63, 3.8) is 0 Å². The van der Waals surface area contributed by atoms with Crippen LogP contribution in [-0.4, -0.2) is 4.98 Å². The molecule has 2 heterocycles. The summed E-state index contributed by atoms with van der Waals surface area (Å²) in [6.45, 7) is 0. The second kappa shape index (κ2) is 5.86. The van der Waals surface area contributed by atoms with E-state index in [4.69, 9.17) is 10.3 Å². The number of nitrogens with one attached hydrogen (secondary N) is 1. The molecule has 102 valence electrons. The fourth-order valence-electron chi connectivity index (χ4n) is 2.50. The third kappa shape index (κ3) is 2.57. The van der Waals surface area contributed by atoms with Gasteiger partial charge < -0.3 is 4.42 Å². The molecule has 0 saturated carbocycles. The molecule has 0 aliphatic carbocycles. The molecule has 4 heteroatoms. The van der Waals surface area contributed by atoms with E-state index in [2.05, 4.69) is 22.5 Å². The van der Waals surface area contributed by atoms with Gasteiger partial charge in [-0.1, -0.05) is 18.2 Å². The van der Waals surface area contributed by atoms with Gasteiger partial charge in [0, 0.05) is 24.0 Å². The first-order valence-electron chi connectivity index (χ1n) is 6.70. The summed E-state index contributed by atoms with van der Waals surface area (Å²) in [6.07, 6.45) is 5.22. The van der Waals surface area contributed by atoms with Crippen molar-refractivity contribution in [2.24, 2.45) is 5.84 Å². The van der Waals surface area contributed by atoms with Crippen LogP contribution in [-0.2, 0) is 6.42 Å². The second-order valence-corrected chi connectivity index (χ2v) is 4.75. The molecule has 1 unspecified atom stereocenters. The number of hydrogen-bond donors (Lipinski definition) is 2. The van der Waals surface area contributed by atoms with Crippen LogP contribution < -0.4 is 11.3 Å². The van der Waals surface area contributed by atoms with Gasteiger partial charge in [-0.05, 0) is 36.2 Å². The maximum Gasteiger partial charge on any atom is 0.103 e. The van der Waals surface area contributed by atoms with Gasteiger partial charge >= 0.3 is 0 Å². The number of nitrogens with zero attached hydrogens (tertiary/aromatic N) is 1. The van der Waals surface area contributed by atoms with Crippen LogP contribution in [0.1, 0.15) is 23.8 Å². The van der Waals surface area contributed by atoms with E-state index in [-0.39, 0.29) is 6.04 Å². The van der Waals surface area contributed by atoms with Gasteiger partial charge in [-0.25, -0.2) is 0 Å². The topological polar surface area (TPSA) is 64.1 Å². The Hall–Kier alpha value is -2.17. The first kappa shape index (κ1) is 12.8. The molecule has 1 aromatic carbocycles. The zero-order valence-electron chi connectivity index (χ0n) is 11.1. The molecule has 0 amide bonds. The zero-order chi connectivity index (χ0) is 13.8. The van der Waals surface area contributed by atoms with Gasteiger partial charge in [0.25, 0.3) is 0 Å². The molecule has 0 aliphatic heterocycles. The van der Waals surface area contributed by atoms with Crippen LogP contribution >= 0.6 is 0 Å². The van der Waals surface area contributed by atoms with Crippen molar-refractivity contribution in [2.45, 2.75) is 18.9 Å². The molecule has 0 spiro atoms. The predicted octanol–water partition coefficient (Wildman–Crippen LogP) is 2.97. The molecule has 3 aromatic rings. The molecule has 0 radical (unpaired) electrons. The highest BCUT2D eigenvalue weighted by molar-refractivity contribution is 5.82. The van der Waals surface area contributed by atoms with E-state index in [1.165, 1.54) is 5.56 Å². The smallest absolute Gasteiger partial charge is 0.103 e. The lowest BCUT2D eigenvalue weighted by Crippen LogP contribution is -2.28. The summed E-state index contributed by atoms with van der Waals surface area (Å²) in [5, 5.41) is 1.14. The summed E-state index contributed by atoms with van der Waals surface area (Å²) >= 11 is 0. The lowest BCUT2D eigenvalue weighted by atomic mass is 9.97. The molecule has 0 fully saturated rings. The minimum Gasteiger partial charge on any atom is -0.469 e. The summed E-state index contributed by atoms with van der Waals surface area (Å²) in [6, 6.07) is 14.1. The van der Waals surface area contributed by atoms with Gasteiger partial charge in [-0.15, -0.1) is 0 Å². The van der Waals surface area contributed by atoms with Crippen molar-refractivity contribution in [3.8, 4) is 0 Å². The van der Waals surface area contributed by atoms with Gasteiger partial charge in [0.2, 0.25) is 0 Å². The zero-order valence-corrected chi connectivity index (χ0v) is 11.1. The minimum absolute atomic E-state index is 0.0769. The molecular weight excluding hydrogens is 250 g/mol. The predicted molar refractivity (Wildman–Crippen MR) is 78.8 cm³/mol. The van der Waals surface area contributed by atoms with Crippen LogP contribution in [0.5, 0.6) is 0 Å². The summed E-state index contributed by atoms with van der Waals surface area (Å²) in [5.74, 6) is 6.71. The quantitative estimate of drug-likeness (QED) is 0.551. The van der Waals surface area contributed by atoms with Crippen LogP contribution in [0.25, 0.3) is 10.9 Å². The van der Waals surface area contributed by atoms with E-state index < -0.39 is 0 Å². The number of aryl methyl sites for hydroxylation is 1. The fourth-order valence-corrected chi connectivity index (χ4v) is 2.50. The highest BCUT2D eigenvalue weighted by Crippen LogP contribution is 2.25. The summed E-state index contributed by atoms with van der Waals surface area (Å²) < 4.78 is 5.37. The molecule has 20 heavy (non-hydrogen) atoms. The number of nitrogens with two attached hydrogens (primary N) is 1. The number of furan rings is 1. The first-order valence-corrected chi connectivity index (χ1v) is 6.70. The Kier molecular flexibility index (Phi) is 3.76. The number of rotatable bonds is 5. The molecular formula is C16H17N3O. The van der Waals surface area contributed by atoms with Crippen molar-refractivity contribution >= 4 is 10.9 Å². The van der Waals surface area contributed by atoms with Crippen molar-refractivity contribution in [1.29, 1.82) is 0 Å². The van der Waals surface area contributed by atoms with Crippen molar-refractivity contribution in [3.05, 3.63) is 66.2 Å². The van der Waals surface area contributed by atoms with Gasteiger partial charge in [0.05, 0.1) is 11.8 Å². The monoisotopic (exact) mass is 267 g/mol. The van der Waals surface area contributed by atoms with Crippen molar-refractivity contribution in [1.82, 2.24) is 10.4 Å². The van der Waals surface area contributed by atoms with E-state index in [0.717, 1.165) is 29.5 Å². The van der Waals surface area contributed by atoms with Crippen LogP contribution in [0.2, 0.25) is 0 Å². The highest BCUT2D eigenvalue weighted by Gasteiger charge is 2.13. The Morgan fingerprint density at radius 3 is 2.90 bits per heavy atom. The standard InChI is InChI=1S/C16H17N3O/c17-19-16(9-8-12-4-3-11-20-12)14-5-1-7-15-13(14)6-2-10-18-15/h1-7,10-11,16,19H,8-9,17H2. The number of aromatic nitrogens is 1. The van der Waals surface area contributed by atoms with Crippen LogP contribution in [0.15, 0.2) is 59.3 Å². The Morgan fingerprint density at radius 1 is 1.15 bits per heavy atom. The number of hydrogen-bond acceptors (Lipinski definition) is 4. The van der Waals surface area contributed by atoms with Gasteiger partial charge in [-0.3, -0.25) is 16.3 Å². The molecule has 2 aromatic heterocycles. The summed E-state index contributed by atoms with van der Waals surface area (Å²) in [7, 11) is 0. The molecule has 0 saturated heterocycles. The summed E-state index contributed by atoms with van der Waals surface area (Å²) in [4.78, 5) is 4.38. The molecule has 3 N–H and O–H groups in total. The number of hydrazine groups is 1. The third-order valence-corrected chi connectivity index (χ3v) is 3.52. The Bertz CT molecular complexity index is 674. The van der Waals surface area contributed by atoms with Gasteiger partial charge in [-0.2, -0.15) is 0 Å². The normalized spacial score (nSPS) is 12.7. The van der Waals surface area contributed by atoms with E-state index in [9.17, 15) is 0 Å². The maximum absolute atomic E-state index is 5.73. The Labute approximate surface area is 117 Å². The van der Waals surface area contributed by atoms with Crippen molar-refractivity contribution in [2.75, 3.05) is 0 Å². The van der Waals surface area contributed by atoms with E-state index >= 15 is 0 Å². The maximum atomic E-state index is 5.73. The average molecular weight is 267 g/mol. The van der Waals surface area contributed by atoms with Crippen molar-refractivity contribution < 1.29 is 4.42 Å². The SMILES string of the molecule is NNC(CCc1ccco1)c1cccc2ncccc12. The van der Waals surface area contributed by atoms with Crippen LogP contribution in [0, 0.1) is 0 Å². The summed E-state index contributed by atoms with van der Waals surface area (Å²) in [5.41, 5.74) is 5.06. The number of fused-ring (bicyclic) bond motifs is 1. The average Bonchev–Trinajstić information content (AvgIpc) is 3.01. The lowest BCUT2D eigenvalue weighted by molar-refractivity contribution is 0.460. The van der Waals surface area contributed by atoms with Crippen LogP contribution in [0.4, 0.5) is 0 Å². The van der Waals surface area contributed by atoms with E-state index in [1.807, 2.05) is 30.3 Å². The molecule has 0 aliphatic rings. The first-order chi connectivity index (χ1) is 9.88. The van der Waals surface area contributed by atoms with Gasteiger partial charge in [0.15, 0.2) is 0 Å². The van der Waals surface area contributed by atoms with E-state index in [1.54, 1.807) is 12.5 Å². The Balaban J connectivity index is 1.87. The van der Waals surface area contributed by atoms with Crippen LogP contribution in [0.3, 0.4) is 0 Å². The van der Waals surface area contributed by atoms with Gasteiger partial charge in [0.1, 0.15) is 5.76 Å². The number of pyridine rings is 1.